The van der Waals surface area contributed by atoms with Crippen molar-refractivity contribution in [3.63, 3.8) is 0 Å². The first-order valence-corrected chi connectivity index (χ1v) is 10.5. The van der Waals surface area contributed by atoms with E-state index in [4.69, 9.17) is 10.7 Å². The summed E-state index contributed by atoms with van der Waals surface area (Å²) in [5.41, 5.74) is 9.95. The van der Waals surface area contributed by atoms with Crippen LogP contribution in [0.5, 0.6) is 0 Å². The van der Waals surface area contributed by atoms with Crippen molar-refractivity contribution in [3.05, 3.63) is 78.1 Å². The quantitative estimate of drug-likeness (QED) is 0.439. The first-order valence-electron chi connectivity index (χ1n) is 10.5. The molecule has 0 radical (unpaired) electrons. The third-order valence-electron chi connectivity index (χ3n) is 5.59. The van der Waals surface area contributed by atoms with E-state index in [0.29, 0.717) is 46.6 Å². The zero-order valence-electron chi connectivity index (χ0n) is 17.8. The van der Waals surface area contributed by atoms with Gasteiger partial charge in [-0.15, -0.1) is 0 Å². The Hall–Kier alpha value is -3.65. The van der Waals surface area contributed by atoms with Crippen LogP contribution in [0.3, 0.4) is 0 Å². The van der Waals surface area contributed by atoms with Gasteiger partial charge in [-0.2, -0.15) is 0 Å². The molecule has 6 nitrogen and oxygen atoms in total. The summed E-state index contributed by atoms with van der Waals surface area (Å²) in [6.45, 7) is 4.55. The maximum atomic E-state index is 14.8. The van der Waals surface area contributed by atoms with E-state index in [1.54, 1.807) is 12.3 Å². The molecule has 0 unspecified atom stereocenters. The van der Waals surface area contributed by atoms with Gasteiger partial charge in [0.25, 0.3) is 0 Å². The number of nitrogens with two attached hydrogens (primary N) is 1. The van der Waals surface area contributed by atoms with Crippen LogP contribution >= 0.6 is 0 Å². The van der Waals surface area contributed by atoms with Gasteiger partial charge in [-0.1, -0.05) is 19.9 Å². The summed E-state index contributed by atoms with van der Waals surface area (Å²) in [5.74, 6) is -0.0280. The Kier molecular flexibility index (Phi) is 4.94. The molecule has 0 amide bonds. The highest BCUT2D eigenvalue weighted by atomic mass is 19.1. The van der Waals surface area contributed by atoms with E-state index >= 15 is 0 Å². The van der Waals surface area contributed by atoms with Gasteiger partial charge >= 0.3 is 0 Å². The number of rotatable bonds is 5. The van der Waals surface area contributed by atoms with Gasteiger partial charge in [0, 0.05) is 41.4 Å². The van der Waals surface area contributed by atoms with Crippen LogP contribution in [0.2, 0.25) is 0 Å². The number of aromatic nitrogens is 5. The van der Waals surface area contributed by atoms with Crippen LogP contribution in [0.4, 0.5) is 8.78 Å². The monoisotopic (exact) mass is 432 g/mol. The zero-order chi connectivity index (χ0) is 22.4. The SMILES string of the molecule is CC(C)c1cnc2c(-n3cc(CCN)c4c(F)cccc43)nc(-c3cncc(F)c3)cn12. The summed E-state index contributed by atoms with van der Waals surface area (Å²) in [6, 6.07) is 6.35. The number of fused-ring (bicyclic) bond motifs is 2. The van der Waals surface area contributed by atoms with Crippen LogP contribution in [0.25, 0.3) is 33.6 Å². The third kappa shape index (κ3) is 3.23. The molecule has 0 saturated carbocycles. The molecule has 32 heavy (non-hydrogen) atoms. The predicted octanol–water partition coefficient (Wildman–Crippen LogP) is 4.64. The highest BCUT2D eigenvalue weighted by Crippen LogP contribution is 2.31. The molecule has 162 valence electrons. The first kappa shape index (κ1) is 20.3. The van der Waals surface area contributed by atoms with Gasteiger partial charge in [-0.3, -0.25) is 14.0 Å². The summed E-state index contributed by atoms with van der Waals surface area (Å²) in [6.07, 6.45) is 8.76. The molecule has 4 aromatic heterocycles. The highest BCUT2D eigenvalue weighted by Gasteiger charge is 2.20. The normalized spacial score (nSPS) is 11.8. The van der Waals surface area contributed by atoms with Crippen molar-refractivity contribution in [1.82, 2.24) is 23.9 Å². The van der Waals surface area contributed by atoms with E-state index in [-0.39, 0.29) is 11.7 Å². The lowest BCUT2D eigenvalue weighted by molar-refractivity contribution is 0.622. The first-order chi connectivity index (χ1) is 15.5. The molecule has 0 spiro atoms. The third-order valence-corrected chi connectivity index (χ3v) is 5.59. The van der Waals surface area contributed by atoms with Gasteiger partial charge < -0.3 is 5.73 Å². The lowest BCUT2D eigenvalue weighted by atomic mass is 10.1. The minimum Gasteiger partial charge on any atom is -0.330 e. The molecule has 1 aromatic carbocycles. The van der Waals surface area contributed by atoms with E-state index in [0.717, 1.165) is 17.5 Å². The number of hydrogen-bond acceptors (Lipinski definition) is 4. The second-order valence-electron chi connectivity index (χ2n) is 8.07. The van der Waals surface area contributed by atoms with E-state index in [2.05, 4.69) is 23.8 Å². The summed E-state index contributed by atoms with van der Waals surface area (Å²) < 4.78 is 32.5. The molecule has 0 bridgehead atoms. The van der Waals surface area contributed by atoms with Crippen molar-refractivity contribution in [1.29, 1.82) is 0 Å². The maximum Gasteiger partial charge on any atom is 0.182 e. The summed E-state index contributed by atoms with van der Waals surface area (Å²) in [5, 5.41) is 0.520. The Balaban J connectivity index is 1.86. The highest BCUT2D eigenvalue weighted by molar-refractivity contribution is 5.87. The fourth-order valence-corrected chi connectivity index (χ4v) is 4.11. The van der Waals surface area contributed by atoms with E-state index < -0.39 is 5.82 Å². The molecule has 5 rings (SSSR count). The Bertz CT molecular complexity index is 1450. The molecule has 2 N–H and O–H groups in total. The second kappa shape index (κ2) is 7.80. The summed E-state index contributed by atoms with van der Waals surface area (Å²) in [7, 11) is 0. The molecule has 4 heterocycles. The lowest BCUT2D eigenvalue weighted by Crippen LogP contribution is -2.05. The van der Waals surface area contributed by atoms with Crippen LogP contribution < -0.4 is 5.73 Å². The molecule has 0 aliphatic carbocycles. The fourth-order valence-electron chi connectivity index (χ4n) is 4.11. The van der Waals surface area contributed by atoms with Crippen molar-refractivity contribution in [2.75, 3.05) is 6.54 Å². The van der Waals surface area contributed by atoms with Crippen LogP contribution in [0, 0.1) is 11.6 Å². The summed E-state index contributed by atoms with van der Waals surface area (Å²) in [4.78, 5) is 13.4. The zero-order valence-corrected chi connectivity index (χ0v) is 17.8. The van der Waals surface area contributed by atoms with Gasteiger partial charge in [0.15, 0.2) is 11.5 Å². The topological polar surface area (TPSA) is 74.0 Å². The van der Waals surface area contributed by atoms with Gasteiger partial charge in [0.1, 0.15) is 11.6 Å². The van der Waals surface area contributed by atoms with Crippen LogP contribution in [-0.2, 0) is 6.42 Å². The molecule has 0 aliphatic heterocycles. The van der Waals surface area contributed by atoms with E-state index in [9.17, 15) is 8.78 Å². The number of halogens is 2. The Morgan fingerprint density at radius 1 is 1.09 bits per heavy atom. The number of imidazole rings is 1. The largest absolute Gasteiger partial charge is 0.330 e. The number of hydrogen-bond donors (Lipinski definition) is 1. The molecule has 5 aromatic rings. The molecule has 0 saturated heterocycles. The Labute approximate surface area is 183 Å². The van der Waals surface area contributed by atoms with Crippen LogP contribution in [0.1, 0.15) is 31.0 Å². The van der Waals surface area contributed by atoms with Crippen molar-refractivity contribution >= 4 is 16.6 Å². The average Bonchev–Trinajstić information content (AvgIpc) is 3.36. The smallest absolute Gasteiger partial charge is 0.182 e. The van der Waals surface area contributed by atoms with Crippen molar-refractivity contribution in [3.8, 4) is 17.1 Å². The van der Waals surface area contributed by atoms with E-state index in [1.807, 2.05) is 33.6 Å². The summed E-state index contributed by atoms with van der Waals surface area (Å²) >= 11 is 0. The Morgan fingerprint density at radius 3 is 2.69 bits per heavy atom. The number of benzene rings is 1. The van der Waals surface area contributed by atoms with Gasteiger partial charge in [-0.05, 0) is 42.6 Å². The molecule has 0 aliphatic rings. The van der Waals surface area contributed by atoms with E-state index in [1.165, 1.54) is 12.1 Å². The fraction of sp³-hybridized carbons (Fsp3) is 0.208. The van der Waals surface area contributed by atoms with Crippen LogP contribution in [0.15, 0.2) is 55.2 Å². The van der Waals surface area contributed by atoms with Crippen molar-refractivity contribution in [2.45, 2.75) is 26.2 Å². The van der Waals surface area contributed by atoms with Gasteiger partial charge in [-0.25, -0.2) is 18.7 Å². The molecule has 0 atom stereocenters. The van der Waals surface area contributed by atoms with Gasteiger partial charge in [0.2, 0.25) is 0 Å². The van der Waals surface area contributed by atoms with Crippen molar-refractivity contribution < 1.29 is 8.78 Å². The number of nitrogens with zero attached hydrogens (tertiary/aromatic N) is 5. The predicted molar refractivity (Wildman–Crippen MR) is 120 cm³/mol. The maximum absolute atomic E-state index is 14.8. The lowest BCUT2D eigenvalue weighted by Gasteiger charge is -2.12. The Morgan fingerprint density at radius 2 is 1.94 bits per heavy atom. The molecular formula is C24H22F2N6. The minimum absolute atomic E-state index is 0.199. The van der Waals surface area contributed by atoms with Gasteiger partial charge in [0.05, 0.1) is 17.4 Å². The van der Waals surface area contributed by atoms with Crippen LogP contribution in [-0.4, -0.2) is 30.5 Å². The second-order valence-corrected chi connectivity index (χ2v) is 8.07. The standard InChI is InChI=1S/C24H22F2N6/c1-14(2)21-11-29-23-24(30-19(13-32(21)23)16-8-17(25)10-28-9-16)31-12-15(6-7-27)22-18(26)4-3-5-20(22)31/h3-5,8-14H,6-7,27H2,1-2H3. The average molecular weight is 432 g/mol. The van der Waals surface area contributed by atoms with Crippen molar-refractivity contribution in [2.24, 2.45) is 5.73 Å². The number of pyridine rings is 1. The molecule has 8 heteroatoms. The minimum atomic E-state index is -0.445. The molecular weight excluding hydrogens is 410 g/mol. The molecule has 0 fully saturated rings.